The van der Waals surface area contributed by atoms with Crippen LogP contribution in [0.4, 0.5) is 0 Å². The third-order valence-electron chi connectivity index (χ3n) is 7.05. The summed E-state index contributed by atoms with van der Waals surface area (Å²) in [6.07, 6.45) is 3.25. The zero-order chi connectivity index (χ0) is 24.8. The van der Waals surface area contributed by atoms with Crippen LogP contribution in [0.25, 0.3) is 57.7 Å². The van der Waals surface area contributed by atoms with Gasteiger partial charge in [-0.1, -0.05) is 0 Å². The molecule has 2 aliphatic rings. The van der Waals surface area contributed by atoms with Gasteiger partial charge in [-0.2, -0.15) is 0 Å². The van der Waals surface area contributed by atoms with E-state index in [0.717, 1.165) is 66.1 Å². The third-order valence-corrected chi connectivity index (χ3v) is 12.1. The zero-order valence-electron chi connectivity index (χ0n) is 19.4. The smallest absolute Gasteiger partial charge is 0.108 e. The fraction of sp³-hybridized carbons (Fsp3) is 0.111. The van der Waals surface area contributed by atoms with Gasteiger partial charge in [0, 0.05) is 21.3 Å². The minimum Gasteiger partial charge on any atom is -0.279 e. The van der Waals surface area contributed by atoms with Crippen molar-refractivity contribution in [1.82, 2.24) is 24.9 Å². The number of hydrogen-bond donors (Lipinski definition) is 0. The molecule has 0 spiro atoms. The van der Waals surface area contributed by atoms with Crippen LogP contribution in [-0.2, 0) is 0 Å². The molecule has 1 aromatic carbocycles. The van der Waals surface area contributed by atoms with Gasteiger partial charge >= 0.3 is 0 Å². The quantitative estimate of drug-likeness (QED) is 0.204. The lowest BCUT2D eigenvalue weighted by Gasteiger charge is -2.18. The van der Waals surface area contributed by atoms with Crippen LogP contribution in [0.1, 0.15) is 27.9 Å². The summed E-state index contributed by atoms with van der Waals surface area (Å²) in [6.45, 7) is 0. The molecule has 11 heteroatoms. The zero-order valence-corrected chi connectivity index (χ0v) is 23.4. The van der Waals surface area contributed by atoms with Gasteiger partial charge in [0.05, 0.1) is 75.0 Å². The first-order chi connectivity index (χ1) is 18.8. The number of thiophene rings is 1. The van der Waals surface area contributed by atoms with Gasteiger partial charge in [-0.3, -0.25) is 4.99 Å². The highest BCUT2D eigenvalue weighted by atomic mass is 32.2. The Bertz CT molecular complexity index is 2130. The maximum absolute atomic E-state index is 5.21. The monoisotopic (exact) mass is 582 g/mol. The van der Waals surface area contributed by atoms with E-state index in [0.29, 0.717) is 5.25 Å². The highest BCUT2D eigenvalue weighted by Gasteiger charge is 2.30. The second-order valence-electron chi connectivity index (χ2n) is 9.17. The molecule has 2 unspecified atom stereocenters. The van der Waals surface area contributed by atoms with Crippen molar-refractivity contribution in [3.63, 3.8) is 0 Å². The molecule has 2 bridgehead atoms. The van der Waals surface area contributed by atoms with Crippen LogP contribution in [0.15, 0.2) is 57.9 Å². The number of aromatic nitrogens is 5. The lowest BCUT2D eigenvalue weighted by Crippen LogP contribution is -2.08. The number of nitrogens with zero attached hydrogens (tertiary/aromatic N) is 6. The van der Waals surface area contributed by atoms with E-state index < -0.39 is 0 Å². The second kappa shape index (κ2) is 8.20. The predicted octanol–water partition coefficient (Wildman–Crippen LogP) is 8.21. The molecule has 0 amide bonds. The van der Waals surface area contributed by atoms with Gasteiger partial charge < -0.3 is 0 Å². The maximum atomic E-state index is 5.21. The molecule has 2 atom stereocenters. The van der Waals surface area contributed by atoms with Gasteiger partial charge in [0.2, 0.25) is 0 Å². The average Bonchev–Trinajstić information content (AvgIpc) is 3.75. The number of pyridine rings is 2. The Kier molecular flexibility index (Phi) is 4.71. The van der Waals surface area contributed by atoms with Crippen LogP contribution in [0, 0.1) is 0 Å². The van der Waals surface area contributed by atoms with Crippen molar-refractivity contribution in [3.8, 4) is 11.3 Å². The lowest BCUT2D eigenvalue weighted by molar-refractivity contribution is 0.721. The van der Waals surface area contributed by atoms with E-state index in [-0.39, 0.29) is 6.04 Å². The number of rotatable bonds is 2. The molecule has 182 valence electrons. The summed E-state index contributed by atoms with van der Waals surface area (Å²) in [5.41, 5.74) is 16.5. The lowest BCUT2D eigenvalue weighted by atomic mass is 10.1. The van der Waals surface area contributed by atoms with Crippen LogP contribution in [0.3, 0.4) is 0 Å². The van der Waals surface area contributed by atoms with Gasteiger partial charge in [0.25, 0.3) is 0 Å². The Morgan fingerprint density at radius 1 is 0.763 bits per heavy atom. The van der Waals surface area contributed by atoms with Crippen LogP contribution in [0.5, 0.6) is 0 Å². The normalized spacial score (nSPS) is 18.9. The van der Waals surface area contributed by atoms with E-state index >= 15 is 0 Å². The van der Waals surface area contributed by atoms with E-state index in [1.54, 1.807) is 57.1 Å². The molecule has 1 aliphatic carbocycles. The molecule has 6 aromatic heterocycles. The highest BCUT2D eigenvalue weighted by Crippen LogP contribution is 2.46. The molecule has 7 aromatic rings. The number of aliphatic imine (C=N–C) groups is 1. The number of benzene rings is 1. The number of thiazole rings is 3. The molecule has 7 heterocycles. The molecular weight excluding hydrogens is 569 g/mol. The first kappa shape index (κ1) is 21.8. The number of hydrogen-bond acceptors (Lipinski definition) is 11. The van der Waals surface area contributed by atoms with Crippen LogP contribution in [-0.4, -0.2) is 36.5 Å². The van der Waals surface area contributed by atoms with Crippen molar-refractivity contribution in [3.05, 3.63) is 69.2 Å². The largest absolute Gasteiger partial charge is 0.279 e. The minimum absolute atomic E-state index is 0.153. The fourth-order valence-electron chi connectivity index (χ4n) is 5.31. The maximum Gasteiger partial charge on any atom is 0.108 e. The first-order valence-electron chi connectivity index (χ1n) is 11.9. The molecule has 38 heavy (non-hydrogen) atoms. The third kappa shape index (κ3) is 3.16. The number of fused-ring (bicyclic) bond motifs is 10. The molecule has 0 saturated carbocycles. The summed E-state index contributed by atoms with van der Waals surface area (Å²) >= 11 is 8.57. The van der Waals surface area contributed by atoms with Crippen molar-refractivity contribution >= 4 is 109 Å². The van der Waals surface area contributed by atoms with E-state index in [9.17, 15) is 0 Å². The summed E-state index contributed by atoms with van der Waals surface area (Å²) in [7, 11) is 0. The summed E-state index contributed by atoms with van der Waals surface area (Å²) in [6, 6.07) is 10.8. The minimum atomic E-state index is 0.153. The van der Waals surface area contributed by atoms with E-state index in [4.69, 9.17) is 24.9 Å². The van der Waals surface area contributed by atoms with Crippen molar-refractivity contribution < 1.29 is 0 Å². The van der Waals surface area contributed by atoms with Crippen LogP contribution >= 0.6 is 57.1 Å². The van der Waals surface area contributed by atoms with Crippen LogP contribution < -0.4 is 0 Å². The SMILES string of the molecule is C1=NC2C=C(c3ccc4sc5ccc(-c6cc7ncsc7c7scnc67)nc5c4n3)c3ncsc3C(C2)S1. The first-order valence-corrected chi connectivity index (χ1v) is 16.3. The predicted molar refractivity (Wildman–Crippen MR) is 163 cm³/mol. The molecule has 0 saturated heterocycles. The molecular formula is C27H14N6S5. The molecule has 0 fully saturated rings. The van der Waals surface area contributed by atoms with Gasteiger partial charge in [0.1, 0.15) is 11.0 Å². The van der Waals surface area contributed by atoms with Gasteiger partial charge in [-0.25, -0.2) is 24.9 Å². The Morgan fingerprint density at radius 2 is 1.55 bits per heavy atom. The molecule has 1 aliphatic heterocycles. The summed E-state index contributed by atoms with van der Waals surface area (Å²) < 4.78 is 4.61. The van der Waals surface area contributed by atoms with Crippen LogP contribution in [0.2, 0.25) is 0 Å². The molecule has 0 N–H and O–H groups in total. The molecule has 6 nitrogen and oxygen atoms in total. The van der Waals surface area contributed by atoms with Crippen molar-refractivity contribution in [1.29, 1.82) is 0 Å². The van der Waals surface area contributed by atoms with E-state index in [1.807, 2.05) is 22.1 Å². The topological polar surface area (TPSA) is 76.8 Å². The molecule has 0 radical (unpaired) electrons. The van der Waals surface area contributed by atoms with E-state index in [1.165, 1.54) is 14.3 Å². The molecule has 9 rings (SSSR count). The average molecular weight is 583 g/mol. The van der Waals surface area contributed by atoms with Gasteiger partial charge in [-0.15, -0.1) is 57.1 Å². The fourth-order valence-corrected chi connectivity index (χ4v) is 10.1. The van der Waals surface area contributed by atoms with Crippen molar-refractivity contribution in [2.75, 3.05) is 0 Å². The van der Waals surface area contributed by atoms with Crippen molar-refractivity contribution in [2.45, 2.75) is 17.7 Å². The Labute approximate surface area is 235 Å². The van der Waals surface area contributed by atoms with Gasteiger partial charge in [0.15, 0.2) is 0 Å². The summed E-state index contributed by atoms with van der Waals surface area (Å²) in [5.74, 6) is 0. The Balaban J connectivity index is 1.25. The Morgan fingerprint density at radius 3 is 2.47 bits per heavy atom. The highest BCUT2D eigenvalue weighted by molar-refractivity contribution is 8.12. The van der Waals surface area contributed by atoms with Crippen molar-refractivity contribution in [2.24, 2.45) is 4.99 Å². The van der Waals surface area contributed by atoms with E-state index in [2.05, 4.69) is 41.4 Å². The second-order valence-corrected chi connectivity index (χ2v) is 13.9. The standard InChI is InChI=1S/C27H14N6S5/c1-3-18-23(32-15(1)13-5-12-6-20(34-8-28-12)26-21(13)30-10-36-26)24-19(38-18)4-2-16(33-24)14-7-17-25(35-9-29-17)27-22(14)31-11-37-27/h1-5,7-12,20H,6H2. The number of thioether (sulfide) groups is 1. The summed E-state index contributed by atoms with van der Waals surface area (Å²) in [5, 5.41) is 0.404. The Hall–Kier alpha value is -3.09. The summed E-state index contributed by atoms with van der Waals surface area (Å²) in [4.78, 5) is 30.5. The van der Waals surface area contributed by atoms with Gasteiger partial charge in [-0.05, 0) is 42.8 Å².